The lowest BCUT2D eigenvalue weighted by Gasteiger charge is -2.62. The number of aromatic nitrogens is 1. The molecule has 0 amide bonds. The Labute approximate surface area is 233 Å². The van der Waals surface area contributed by atoms with Gasteiger partial charge >= 0.3 is 5.63 Å². The standard InChI is InChI=1S/C32H42F3NO4/c1-15(5-8-23-36-29-25(30(39)40-23)26(33)16(2)27(34)28(29)35)19-6-7-20-24-21(10-12-32(19,20)4)31(3)11-9-18(37)13-17(31)14-22(24)38/h15,17-22,24,37-38H,5-14H2,1-4H3/t15-,17+,18-,19-,20+,21?,22-,24+,31+,32-/m1/s1. The molecule has 1 aromatic heterocycles. The maximum absolute atomic E-state index is 14.6. The van der Waals surface area contributed by atoms with Crippen LogP contribution in [0.5, 0.6) is 0 Å². The summed E-state index contributed by atoms with van der Waals surface area (Å²) in [5.41, 5.74) is -1.94. The first kappa shape index (κ1) is 28.2. The monoisotopic (exact) mass is 561 g/mol. The van der Waals surface area contributed by atoms with E-state index in [-0.39, 0.29) is 47.2 Å². The van der Waals surface area contributed by atoms with Gasteiger partial charge in [-0.2, -0.15) is 0 Å². The van der Waals surface area contributed by atoms with Crippen LogP contribution in [0.2, 0.25) is 0 Å². The Kier molecular flexibility index (Phi) is 6.93. The van der Waals surface area contributed by atoms with Crippen molar-refractivity contribution in [2.45, 2.75) is 104 Å². The number of aliphatic hydroxyl groups excluding tert-OH is 2. The van der Waals surface area contributed by atoms with Gasteiger partial charge in [-0.1, -0.05) is 20.8 Å². The predicted octanol–water partition coefficient (Wildman–Crippen LogP) is 6.47. The molecule has 4 aliphatic carbocycles. The van der Waals surface area contributed by atoms with E-state index < -0.39 is 39.5 Å². The van der Waals surface area contributed by atoms with Crippen LogP contribution in [0.15, 0.2) is 9.21 Å². The molecule has 2 N–H and O–H groups in total. The molecule has 6 rings (SSSR count). The maximum atomic E-state index is 14.6. The van der Waals surface area contributed by atoms with Crippen LogP contribution in [0.3, 0.4) is 0 Å². The number of hydrogen-bond donors (Lipinski definition) is 2. The highest BCUT2D eigenvalue weighted by Gasteiger charge is 2.62. The second kappa shape index (κ2) is 9.82. The summed E-state index contributed by atoms with van der Waals surface area (Å²) in [6.45, 7) is 8.09. The molecule has 0 bridgehead atoms. The fourth-order valence-electron chi connectivity index (χ4n) is 10.2. The Morgan fingerprint density at radius 2 is 1.68 bits per heavy atom. The van der Waals surface area contributed by atoms with Crippen LogP contribution in [0.1, 0.15) is 90.0 Å². The van der Waals surface area contributed by atoms with Gasteiger partial charge in [-0.05, 0) is 111 Å². The van der Waals surface area contributed by atoms with Crippen LogP contribution in [-0.2, 0) is 6.42 Å². The highest BCUT2D eigenvalue weighted by atomic mass is 19.2. The first-order valence-electron chi connectivity index (χ1n) is 15.2. The number of benzene rings is 1. The number of aryl methyl sites for hydroxylation is 1. The van der Waals surface area contributed by atoms with E-state index in [4.69, 9.17) is 4.42 Å². The van der Waals surface area contributed by atoms with E-state index in [2.05, 4.69) is 25.8 Å². The smallest absolute Gasteiger partial charge is 0.349 e. The van der Waals surface area contributed by atoms with Crippen LogP contribution >= 0.6 is 0 Å². The normalized spacial score (nSPS) is 40.0. The molecule has 4 saturated carbocycles. The summed E-state index contributed by atoms with van der Waals surface area (Å²) in [5.74, 6) is -1.52. The molecule has 0 spiro atoms. The fraction of sp³-hybridized carbons (Fsp3) is 0.750. The van der Waals surface area contributed by atoms with Crippen molar-refractivity contribution < 1.29 is 27.8 Å². The second-order valence-corrected chi connectivity index (χ2v) is 14.2. The highest BCUT2D eigenvalue weighted by molar-refractivity contribution is 5.79. The number of fused-ring (bicyclic) bond motifs is 6. The van der Waals surface area contributed by atoms with E-state index >= 15 is 0 Å². The zero-order valence-electron chi connectivity index (χ0n) is 24.0. The summed E-state index contributed by atoms with van der Waals surface area (Å²) in [6, 6.07) is 0. The van der Waals surface area contributed by atoms with Gasteiger partial charge in [0.1, 0.15) is 16.7 Å². The molecule has 10 atom stereocenters. The first-order chi connectivity index (χ1) is 18.9. The van der Waals surface area contributed by atoms with Gasteiger partial charge in [-0.25, -0.2) is 22.9 Å². The van der Waals surface area contributed by atoms with Crippen LogP contribution < -0.4 is 5.63 Å². The van der Waals surface area contributed by atoms with Crippen molar-refractivity contribution in [3.63, 3.8) is 0 Å². The molecular formula is C32H42F3NO4. The third-order valence-electron chi connectivity index (χ3n) is 12.4. The Balaban J connectivity index is 1.20. The van der Waals surface area contributed by atoms with E-state index in [1.165, 1.54) is 0 Å². The fourth-order valence-corrected chi connectivity index (χ4v) is 10.2. The molecule has 0 aliphatic heterocycles. The minimum absolute atomic E-state index is 0.00420. The van der Waals surface area contributed by atoms with Crippen LogP contribution in [0.4, 0.5) is 13.2 Å². The van der Waals surface area contributed by atoms with Crippen molar-refractivity contribution >= 4 is 10.9 Å². The van der Waals surface area contributed by atoms with Crippen molar-refractivity contribution in [2.75, 3.05) is 0 Å². The summed E-state index contributed by atoms with van der Waals surface area (Å²) in [4.78, 5) is 16.5. The molecule has 2 aromatic rings. The van der Waals surface area contributed by atoms with Gasteiger partial charge in [0, 0.05) is 12.0 Å². The van der Waals surface area contributed by atoms with E-state index in [9.17, 15) is 28.2 Å². The second-order valence-electron chi connectivity index (χ2n) is 14.2. The van der Waals surface area contributed by atoms with Crippen LogP contribution in [-0.4, -0.2) is 27.4 Å². The SMILES string of the molecule is Cc1c(F)c(F)c2nc(CC[C@@H](C)[C@H]3CC[C@H]4[C@H]5C(CC[C@]34C)[C@@]3(C)CC[C@@H](O)C[C@H]3C[C@H]5O)oc(=O)c2c1F. The predicted molar refractivity (Wildman–Crippen MR) is 145 cm³/mol. The minimum atomic E-state index is -1.34. The van der Waals surface area contributed by atoms with Gasteiger partial charge in [0.2, 0.25) is 0 Å². The number of rotatable bonds is 4. The van der Waals surface area contributed by atoms with Crippen molar-refractivity contribution in [1.82, 2.24) is 4.98 Å². The Bertz CT molecular complexity index is 1380. The minimum Gasteiger partial charge on any atom is -0.408 e. The molecule has 8 heteroatoms. The maximum Gasteiger partial charge on any atom is 0.349 e. The molecule has 220 valence electrons. The lowest BCUT2D eigenvalue weighted by molar-refractivity contribution is -0.174. The number of nitrogens with zero attached hydrogens (tertiary/aromatic N) is 1. The topological polar surface area (TPSA) is 83.6 Å². The van der Waals surface area contributed by atoms with E-state index in [0.717, 1.165) is 58.3 Å². The summed E-state index contributed by atoms with van der Waals surface area (Å²) in [7, 11) is 0. The molecule has 1 aromatic carbocycles. The third kappa shape index (κ3) is 4.10. The molecule has 1 heterocycles. The highest BCUT2D eigenvalue weighted by Crippen LogP contribution is 2.68. The summed E-state index contributed by atoms with van der Waals surface area (Å²) < 4.78 is 48.5. The quantitative estimate of drug-likeness (QED) is 0.418. The zero-order chi connectivity index (χ0) is 28.7. The number of halogens is 3. The lowest BCUT2D eigenvalue weighted by Crippen LogP contribution is -2.58. The van der Waals surface area contributed by atoms with Crippen molar-refractivity contribution in [2.24, 2.45) is 46.3 Å². The lowest BCUT2D eigenvalue weighted by atomic mass is 9.43. The zero-order valence-corrected chi connectivity index (χ0v) is 24.0. The van der Waals surface area contributed by atoms with Gasteiger partial charge in [-0.3, -0.25) is 0 Å². The number of aliphatic hydroxyl groups is 2. The molecule has 4 fully saturated rings. The van der Waals surface area contributed by atoms with E-state index in [0.29, 0.717) is 30.1 Å². The van der Waals surface area contributed by atoms with Crippen LogP contribution in [0.25, 0.3) is 10.9 Å². The van der Waals surface area contributed by atoms with Gasteiger partial charge in [0.05, 0.1) is 12.2 Å². The largest absolute Gasteiger partial charge is 0.408 e. The Hall–Kier alpha value is -1.93. The Morgan fingerprint density at radius 1 is 0.975 bits per heavy atom. The van der Waals surface area contributed by atoms with Crippen molar-refractivity contribution in [3.05, 3.63) is 39.3 Å². The van der Waals surface area contributed by atoms with Gasteiger partial charge in [0.15, 0.2) is 17.5 Å². The average molecular weight is 562 g/mol. The summed E-state index contributed by atoms with van der Waals surface area (Å²) in [6.07, 6.45) is 8.19. The molecule has 40 heavy (non-hydrogen) atoms. The van der Waals surface area contributed by atoms with Gasteiger partial charge in [0.25, 0.3) is 0 Å². The van der Waals surface area contributed by atoms with Crippen molar-refractivity contribution in [3.8, 4) is 0 Å². The first-order valence-corrected chi connectivity index (χ1v) is 15.2. The van der Waals surface area contributed by atoms with Gasteiger partial charge < -0.3 is 14.6 Å². The molecule has 1 unspecified atom stereocenters. The third-order valence-corrected chi connectivity index (χ3v) is 12.4. The summed E-state index contributed by atoms with van der Waals surface area (Å²) in [5, 5.41) is 21.1. The molecule has 5 nitrogen and oxygen atoms in total. The van der Waals surface area contributed by atoms with Gasteiger partial charge in [-0.15, -0.1) is 0 Å². The molecular weight excluding hydrogens is 519 g/mol. The summed E-state index contributed by atoms with van der Waals surface area (Å²) >= 11 is 0. The van der Waals surface area contributed by atoms with Crippen molar-refractivity contribution in [1.29, 1.82) is 0 Å². The number of hydrogen-bond acceptors (Lipinski definition) is 5. The van der Waals surface area contributed by atoms with E-state index in [1.807, 2.05) is 0 Å². The Morgan fingerprint density at radius 3 is 2.42 bits per heavy atom. The van der Waals surface area contributed by atoms with E-state index in [1.54, 1.807) is 0 Å². The molecule has 0 saturated heterocycles. The van der Waals surface area contributed by atoms with Crippen LogP contribution in [0, 0.1) is 70.7 Å². The average Bonchev–Trinajstić information content (AvgIpc) is 3.27. The molecule has 4 aliphatic rings. The molecule has 0 radical (unpaired) electrons.